The number of para-hydroxylation sites is 1. The molecule has 0 bridgehead atoms. The van der Waals surface area contributed by atoms with E-state index < -0.39 is 10.0 Å². The van der Waals surface area contributed by atoms with E-state index in [-0.39, 0.29) is 16.7 Å². The highest BCUT2D eigenvalue weighted by atomic mass is 32.2. The Labute approximate surface area is 168 Å². The van der Waals surface area contributed by atoms with Gasteiger partial charge in [-0.3, -0.25) is 4.79 Å². The first-order chi connectivity index (χ1) is 13.4. The average molecular weight is 416 g/mol. The topological polar surface area (TPSA) is 79.4 Å². The Bertz CT molecular complexity index is 1070. The third-order valence-corrected chi connectivity index (χ3v) is 7.93. The summed E-state index contributed by atoms with van der Waals surface area (Å²) in [6, 6.07) is 14.3. The van der Waals surface area contributed by atoms with Gasteiger partial charge in [-0.2, -0.15) is 4.31 Å². The summed E-state index contributed by atoms with van der Waals surface area (Å²) in [5.74, 6) is -0.0788. The zero-order chi connectivity index (χ0) is 19.7. The number of carbonyl (C=O) groups excluding carboxylic acids is 1. The van der Waals surface area contributed by atoms with E-state index in [0.29, 0.717) is 18.8 Å². The van der Waals surface area contributed by atoms with Crippen molar-refractivity contribution < 1.29 is 13.2 Å². The van der Waals surface area contributed by atoms with Gasteiger partial charge in [-0.15, -0.1) is 11.3 Å². The summed E-state index contributed by atoms with van der Waals surface area (Å²) in [6.07, 6.45) is 1.75. The van der Waals surface area contributed by atoms with E-state index in [1.165, 1.54) is 6.92 Å². The molecule has 0 unspecified atom stereocenters. The number of nitrogens with one attached hydrogen (secondary N) is 1. The molecule has 0 radical (unpaired) electrons. The molecule has 6 nitrogen and oxygen atoms in total. The summed E-state index contributed by atoms with van der Waals surface area (Å²) in [5, 5.41) is 3.65. The van der Waals surface area contributed by atoms with Crippen LogP contribution in [-0.4, -0.2) is 36.7 Å². The van der Waals surface area contributed by atoms with Crippen LogP contribution < -0.4 is 5.32 Å². The molecule has 0 aliphatic carbocycles. The maximum Gasteiger partial charge on any atom is 0.243 e. The van der Waals surface area contributed by atoms with Crippen LogP contribution >= 0.6 is 11.3 Å². The van der Waals surface area contributed by atoms with Crippen LogP contribution in [0.4, 0.5) is 5.69 Å². The molecule has 1 aliphatic rings. The number of thiazole rings is 1. The number of benzene rings is 2. The molecule has 3 aromatic rings. The van der Waals surface area contributed by atoms with Gasteiger partial charge in [-0.25, -0.2) is 13.4 Å². The van der Waals surface area contributed by atoms with Gasteiger partial charge in [0, 0.05) is 31.6 Å². The number of fused-ring (bicyclic) bond motifs is 1. The first-order valence-corrected chi connectivity index (χ1v) is 11.4. The van der Waals surface area contributed by atoms with Gasteiger partial charge in [-0.05, 0) is 49.2 Å². The minimum Gasteiger partial charge on any atom is -0.326 e. The first-order valence-electron chi connectivity index (χ1n) is 9.17. The van der Waals surface area contributed by atoms with Crippen LogP contribution in [-0.2, 0) is 14.8 Å². The zero-order valence-corrected chi connectivity index (χ0v) is 17.1. The number of sulfonamides is 1. The fraction of sp³-hybridized carbons (Fsp3) is 0.300. The molecule has 1 amide bonds. The summed E-state index contributed by atoms with van der Waals surface area (Å²) in [5.41, 5.74) is 1.55. The first kappa shape index (κ1) is 19.0. The van der Waals surface area contributed by atoms with Crippen LogP contribution in [0.2, 0.25) is 0 Å². The Hall–Kier alpha value is -2.29. The molecule has 2 aromatic carbocycles. The predicted octanol–water partition coefficient (Wildman–Crippen LogP) is 3.82. The van der Waals surface area contributed by atoms with Crippen molar-refractivity contribution in [3.05, 3.63) is 53.5 Å². The van der Waals surface area contributed by atoms with E-state index in [4.69, 9.17) is 4.98 Å². The molecule has 28 heavy (non-hydrogen) atoms. The van der Waals surface area contributed by atoms with Crippen LogP contribution in [0, 0.1) is 0 Å². The predicted molar refractivity (Wildman–Crippen MR) is 111 cm³/mol. The zero-order valence-electron chi connectivity index (χ0n) is 15.5. The van der Waals surface area contributed by atoms with Gasteiger partial charge in [0.1, 0.15) is 0 Å². The number of aromatic nitrogens is 1. The summed E-state index contributed by atoms with van der Waals surface area (Å²) in [6.45, 7) is 2.37. The quantitative estimate of drug-likeness (QED) is 0.702. The maximum absolute atomic E-state index is 13.1. The van der Waals surface area contributed by atoms with E-state index in [9.17, 15) is 13.2 Å². The molecule has 8 heteroatoms. The van der Waals surface area contributed by atoms with Gasteiger partial charge >= 0.3 is 0 Å². The van der Waals surface area contributed by atoms with Gasteiger partial charge in [0.15, 0.2) is 0 Å². The lowest BCUT2D eigenvalue weighted by Gasteiger charge is -2.31. The standard InChI is InChI=1S/C20H21N3O3S2/c1-14(24)21-16-8-10-17(11-9-16)28(25,26)23-12-4-5-15(13-23)20-22-18-6-2-3-7-19(18)27-20/h2-3,6-11,15H,4-5,12-13H2,1H3,(H,21,24)/t15-/m0/s1. The van der Waals surface area contributed by atoms with Crippen molar-refractivity contribution in [1.29, 1.82) is 0 Å². The van der Waals surface area contributed by atoms with Crippen LogP contribution in [0.25, 0.3) is 10.2 Å². The van der Waals surface area contributed by atoms with Gasteiger partial charge in [0.2, 0.25) is 15.9 Å². The summed E-state index contributed by atoms with van der Waals surface area (Å²) >= 11 is 1.65. The Balaban J connectivity index is 1.55. The molecule has 1 aliphatic heterocycles. The fourth-order valence-electron chi connectivity index (χ4n) is 3.49. The van der Waals surface area contributed by atoms with Gasteiger partial charge < -0.3 is 5.32 Å². The number of nitrogens with zero attached hydrogens (tertiary/aromatic N) is 2. The Morgan fingerprint density at radius 3 is 2.64 bits per heavy atom. The maximum atomic E-state index is 13.1. The molecule has 1 saturated heterocycles. The molecule has 1 fully saturated rings. The van der Waals surface area contributed by atoms with Crippen molar-refractivity contribution in [2.45, 2.75) is 30.6 Å². The molecule has 1 atom stereocenters. The Morgan fingerprint density at radius 1 is 1.18 bits per heavy atom. The minimum absolute atomic E-state index is 0.111. The molecular formula is C20H21N3O3S2. The highest BCUT2D eigenvalue weighted by Crippen LogP contribution is 2.34. The Kier molecular flexibility index (Phi) is 5.18. The molecule has 0 saturated carbocycles. The monoisotopic (exact) mass is 415 g/mol. The largest absolute Gasteiger partial charge is 0.326 e. The number of carbonyl (C=O) groups is 1. The number of rotatable bonds is 4. The van der Waals surface area contributed by atoms with Crippen molar-refractivity contribution in [2.24, 2.45) is 0 Å². The third kappa shape index (κ3) is 3.80. The van der Waals surface area contributed by atoms with E-state index >= 15 is 0 Å². The fourth-order valence-corrected chi connectivity index (χ4v) is 6.11. The average Bonchev–Trinajstić information content (AvgIpc) is 3.12. The molecule has 146 valence electrons. The second kappa shape index (κ2) is 7.62. The number of hydrogen-bond donors (Lipinski definition) is 1. The SMILES string of the molecule is CC(=O)Nc1ccc(S(=O)(=O)N2CCC[C@H](c3nc4ccccc4s3)C2)cc1. The summed E-state index contributed by atoms with van der Waals surface area (Å²) < 4.78 is 28.9. The summed E-state index contributed by atoms with van der Waals surface area (Å²) in [7, 11) is -3.58. The number of hydrogen-bond acceptors (Lipinski definition) is 5. The van der Waals surface area contributed by atoms with Crippen molar-refractivity contribution in [2.75, 3.05) is 18.4 Å². The summed E-state index contributed by atoms with van der Waals surface area (Å²) in [4.78, 5) is 16.1. The lowest BCUT2D eigenvalue weighted by Crippen LogP contribution is -2.39. The van der Waals surface area contributed by atoms with Gasteiger partial charge in [-0.1, -0.05) is 12.1 Å². The van der Waals surface area contributed by atoms with Crippen LogP contribution in [0.5, 0.6) is 0 Å². The lowest BCUT2D eigenvalue weighted by molar-refractivity contribution is -0.114. The van der Waals surface area contributed by atoms with Crippen molar-refractivity contribution >= 4 is 43.2 Å². The molecule has 1 N–H and O–H groups in total. The highest BCUT2D eigenvalue weighted by Gasteiger charge is 2.32. The van der Waals surface area contributed by atoms with Crippen LogP contribution in [0.1, 0.15) is 30.7 Å². The molecule has 2 heterocycles. The number of anilines is 1. The second-order valence-corrected chi connectivity index (χ2v) is 9.93. The Morgan fingerprint density at radius 2 is 1.93 bits per heavy atom. The van der Waals surface area contributed by atoms with Crippen LogP contribution in [0.3, 0.4) is 0 Å². The molecule has 0 spiro atoms. The molecule has 1 aromatic heterocycles. The lowest BCUT2D eigenvalue weighted by atomic mass is 10.0. The number of piperidine rings is 1. The molecular weight excluding hydrogens is 394 g/mol. The normalized spacial score (nSPS) is 18.2. The van der Waals surface area contributed by atoms with Crippen molar-refractivity contribution in [3.8, 4) is 0 Å². The molecule has 4 rings (SSSR count). The third-order valence-electron chi connectivity index (χ3n) is 4.86. The van der Waals surface area contributed by atoms with Crippen molar-refractivity contribution in [3.63, 3.8) is 0 Å². The van der Waals surface area contributed by atoms with E-state index in [1.807, 2.05) is 24.3 Å². The second-order valence-electron chi connectivity index (χ2n) is 6.93. The smallest absolute Gasteiger partial charge is 0.243 e. The highest BCUT2D eigenvalue weighted by molar-refractivity contribution is 7.89. The minimum atomic E-state index is -3.58. The van der Waals surface area contributed by atoms with Crippen LogP contribution in [0.15, 0.2) is 53.4 Å². The number of amides is 1. The van der Waals surface area contributed by atoms with E-state index in [1.54, 1.807) is 39.9 Å². The van der Waals surface area contributed by atoms with E-state index in [2.05, 4.69) is 5.32 Å². The van der Waals surface area contributed by atoms with Gasteiger partial charge in [0.05, 0.1) is 20.1 Å². The van der Waals surface area contributed by atoms with E-state index in [0.717, 1.165) is 28.1 Å². The van der Waals surface area contributed by atoms with Gasteiger partial charge in [0.25, 0.3) is 0 Å². The van der Waals surface area contributed by atoms with Crippen molar-refractivity contribution in [1.82, 2.24) is 9.29 Å².